The maximum absolute atomic E-state index is 4.54. The lowest BCUT2D eigenvalue weighted by molar-refractivity contribution is 0.416. The van der Waals surface area contributed by atoms with Crippen LogP contribution in [0.2, 0.25) is 0 Å². The zero-order chi connectivity index (χ0) is 15.6. The molecule has 4 heterocycles. The summed E-state index contributed by atoms with van der Waals surface area (Å²) in [7, 11) is 0. The highest BCUT2D eigenvalue weighted by Crippen LogP contribution is 2.27. The molecule has 0 saturated heterocycles. The molecular formula is C17H18N6. The molecule has 0 bridgehead atoms. The predicted molar refractivity (Wildman–Crippen MR) is 88.9 cm³/mol. The lowest BCUT2D eigenvalue weighted by atomic mass is 10.1. The fourth-order valence-electron chi connectivity index (χ4n) is 2.81. The fraction of sp³-hybridized carbons (Fsp3) is 0.235. The van der Waals surface area contributed by atoms with Crippen LogP contribution in [0.4, 0.5) is 0 Å². The Morgan fingerprint density at radius 3 is 3.04 bits per heavy atom. The Balaban J connectivity index is 1.55. The standard InChI is InChI=1S/C17H18N6/c1-13(5-10-22-9-2-6-20-22)23-12-14(11-21-23)15-3-7-18-17-16(15)4-8-19-17/h2-4,6-9,11-13H,5,10H2,1H3,(H,18,19). The van der Waals surface area contributed by atoms with Crippen LogP contribution >= 0.6 is 0 Å². The van der Waals surface area contributed by atoms with E-state index in [1.807, 2.05) is 52.5 Å². The SMILES string of the molecule is CC(CCn1cccn1)n1cc(-c2ccnc3[nH]ccc23)cn1. The lowest BCUT2D eigenvalue weighted by Crippen LogP contribution is -2.09. The summed E-state index contributed by atoms with van der Waals surface area (Å²) in [5, 5.41) is 9.90. The fourth-order valence-corrected chi connectivity index (χ4v) is 2.81. The van der Waals surface area contributed by atoms with E-state index in [1.165, 1.54) is 0 Å². The second-order valence-corrected chi connectivity index (χ2v) is 5.71. The maximum atomic E-state index is 4.54. The Morgan fingerprint density at radius 1 is 1.22 bits per heavy atom. The van der Waals surface area contributed by atoms with Crippen LogP contribution in [0.5, 0.6) is 0 Å². The molecule has 116 valence electrons. The average molecular weight is 306 g/mol. The van der Waals surface area contributed by atoms with Gasteiger partial charge in [0.2, 0.25) is 0 Å². The van der Waals surface area contributed by atoms with Gasteiger partial charge in [-0.25, -0.2) is 4.98 Å². The first kappa shape index (κ1) is 13.8. The van der Waals surface area contributed by atoms with Crippen LogP contribution in [0.3, 0.4) is 0 Å². The zero-order valence-corrected chi connectivity index (χ0v) is 12.9. The summed E-state index contributed by atoms with van der Waals surface area (Å²) >= 11 is 0. The number of H-pyrrole nitrogens is 1. The highest BCUT2D eigenvalue weighted by atomic mass is 15.3. The molecule has 4 aromatic rings. The number of hydrogen-bond donors (Lipinski definition) is 1. The van der Waals surface area contributed by atoms with Gasteiger partial charge in [-0.15, -0.1) is 0 Å². The van der Waals surface area contributed by atoms with E-state index in [0.29, 0.717) is 6.04 Å². The molecular weight excluding hydrogens is 288 g/mol. The molecule has 0 amide bonds. The number of nitrogens with zero attached hydrogens (tertiary/aromatic N) is 5. The zero-order valence-electron chi connectivity index (χ0n) is 12.9. The smallest absolute Gasteiger partial charge is 0.137 e. The van der Waals surface area contributed by atoms with Gasteiger partial charge in [-0.1, -0.05) is 0 Å². The number of pyridine rings is 1. The van der Waals surface area contributed by atoms with Crippen molar-refractivity contribution in [2.24, 2.45) is 0 Å². The van der Waals surface area contributed by atoms with Crippen molar-refractivity contribution in [1.29, 1.82) is 0 Å². The molecule has 0 aliphatic carbocycles. The summed E-state index contributed by atoms with van der Waals surface area (Å²) in [6.07, 6.45) is 12.6. The highest BCUT2D eigenvalue weighted by molar-refractivity contribution is 5.92. The van der Waals surface area contributed by atoms with Crippen molar-refractivity contribution >= 4 is 11.0 Å². The van der Waals surface area contributed by atoms with E-state index in [4.69, 9.17) is 0 Å². The molecule has 0 spiro atoms. The minimum Gasteiger partial charge on any atom is -0.346 e. The maximum Gasteiger partial charge on any atom is 0.137 e. The molecule has 0 saturated carbocycles. The van der Waals surface area contributed by atoms with Gasteiger partial charge in [-0.3, -0.25) is 9.36 Å². The van der Waals surface area contributed by atoms with Crippen LogP contribution in [0.1, 0.15) is 19.4 Å². The van der Waals surface area contributed by atoms with Crippen molar-refractivity contribution in [2.75, 3.05) is 0 Å². The molecule has 0 aromatic carbocycles. The first-order valence-corrected chi connectivity index (χ1v) is 7.75. The number of rotatable bonds is 5. The van der Waals surface area contributed by atoms with Crippen LogP contribution in [0, 0.1) is 0 Å². The van der Waals surface area contributed by atoms with Gasteiger partial charge < -0.3 is 4.98 Å². The lowest BCUT2D eigenvalue weighted by Gasteiger charge is -2.11. The van der Waals surface area contributed by atoms with E-state index >= 15 is 0 Å². The Bertz CT molecular complexity index is 902. The van der Waals surface area contributed by atoms with E-state index in [0.717, 1.165) is 35.1 Å². The largest absolute Gasteiger partial charge is 0.346 e. The summed E-state index contributed by atoms with van der Waals surface area (Å²) in [5.74, 6) is 0. The number of aromatic nitrogens is 6. The van der Waals surface area contributed by atoms with Gasteiger partial charge in [0.05, 0.1) is 12.2 Å². The monoisotopic (exact) mass is 306 g/mol. The van der Waals surface area contributed by atoms with Gasteiger partial charge in [0.25, 0.3) is 0 Å². The molecule has 6 nitrogen and oxygen atoms in total. The minimum atomic E-state index is 0.316. The summed E-state index contributed by atoms with van der Waals surface area (Å²) in [5.41, 5.74) is 3.17. The van der Waals surface area contributed by atoms with E-state index in [9.17, 15) is 0 Å². The van der Waals surface area contributed by atoms with Gasteiger partial charge in [0.1, 0.15) is 5.65 Å². The number of fused-ring (bicyclic) bond motifs is 1. The van der Waals surface area contributed by atoms with Gasteiger partial charge in [-0.05, 0) is 37.1 Å². The molecule has 4 aromatic heterocycles. The van der Waals surface area contributed by atoms with Crippen LogP contribution < -0.4 is 0 Å². The molecule has 6 heteroatoms. The van der Waals surface area contributed by atoms with E-state index in [-0.39, 0.29) is 0 Å². The van der Waals surface area contributed by atoms with Gasteiger partial charge in [0, 0.05) is 48.5 Å². The van der Waals surface area contributed by atoms with Crippen molar-refractivity contribution in [1.82, 2.24) is 29.5 Å². The Kier molecular flexibility index (Phi) is 3.42. The Labute approximate surface area is 133 Å². The van der Waals surface area contributed by atoms with Gasteiger partial charge >= 0.3 is 0 Å². The predicted octanol–water partition coefficient (Wildman–Crippen LogP) is 3.27. The quantitative estimate of drug-likeness (QED) is 0.615. The van der Waals surface area contributed by atoms with Crippen LogP contribution in [-0.2, 0) is 6.54 Å². The van der Waals surface area contributed by atoms with Crippen molar-refractivity contribution in [2.45, 2.75) is 25.9 Å². The highest BCUT2D eigenvalue weighted by Gasteiger charge is 2.11. The van der Waals surface area contributed by atoms with Gasteiger partial charge in [-0.2, -0.15) is 10.2 Å². The number of aromatic amines is 1. The van der Waals surface area contributed by atoms with E-state index < -0.39 is 0 Å². The third-order valence-corrected chi connectivity index (χ3v) is 4.16. The molecule has 1 N–H and O–H groups in total. The number of nitrogens with one attached hydrogen (secondary N) is 1. The third-order valence-electron chi connectivity index (χ3n) is 4.16. The van der Waals surface area contributed by atoms with Crippen molar-refractivity contribution in [3.63, 3.8) is 0 Å². The molecule has 0 radical (unpaired) electrons. The normalized spacial score (nSPS) is 12.7. The molecule has 0 aliphatic rings. The summed E-state index contributed by atoms with van der Waals surface area (Å²) < 4.78 is 3.98. The number of aryl methyl sites for hydroxylation is 1. The third kappa shape index (κ3) is 2.63. The number of hydrogen-bond acceptors (Lipinski definition) is 3. The topological polar surface area (TPSA) is 64.3 Å². The molecule has 1 unspecified atom stereocenters. The first-order chi connectivity index (χ1) is 11.3. The van der Waals surface area contributed by atoms with Gasteiger partial charge in [0.15, 0.2) is 0 Å². The molecule has 0 fully saturated rings. The van der Waals surface area contributed by atoms with Crippen LogP contribution in [-0.4, -0.2) is 29.5 Å². The Hall–Kier alpha value is -2.89. The van der Waals surface area contributed by atoms with Crippen LogP contribution in [0.25, 0.3) is 22.2 Å². The molecule has 1 atom stereocenters. The van der Waals surface area contributed by atoms with Crippen molar-refractivity contribution in [3.8, 4) is 11.1 Å². The Morgan fingerprint density at radius 2 is 2.17 bits per heavy atom. The molecule has 0 aliphatic heterocycles. The van der Waals surface area contributed by atoms with Crippen molar-refractivity contribution in [3.05, 3.63) is 55.4 Å². The summed E-state index contributed by atoms with van der Waals surface area (Å²) in [4.78, 5) is 7.48. The first-order valence-electron chi connectivity index (χ1n) is 7.75. The second-order valence-electron chi connectivity index (χ2n) is 5.71. The molecule has 23 heavy (non-hydrogen) atoms. The average Bonchev–Trinajstić information content (AvgIpc) is 3.32. The van der Waals surface area contributed by atoms with E-state index in [2.05, 4.69) is 39.4 Å². The van der Waals surface area contributed by atoms with Crippen molar-refractivity contribution < 1.29 is 0 Å². The molecule has 4 rings (SSSR count). The summed E-state index contributed by atoms with van der Waals surface area (Å²) in [6.45, 7) is 3.07. The second kappa shape index (κ2) is 5.72. The van der Waals surface area contributed by atoms with E-state index in [1.54, 1.807) is 0 Å². The van der Waals surface area contributed by atoms with Crippen LogP contribution in [0.15, 0.2) is 55.4 Å². The minimum absolute atomic E-state index is 0.316. The summed E-state index contributed by atoms with van der Waals surface area (Å²) in [6, 6.07) is 6.35.